The van der Waals surface area contributed by atoms with Gasteiger partial charge in [-0.1, -0.05) is 0 Å². The Morgan fingerprint density at radius 1 is 1.50 bits per heavy atom. The summed E-state index contributed by atoms with van der Waals surface area (Å²) in [6.45, 7) is 8.65. The largest absolute Gasteiger partial charge is 0.294 e. The molecule has 1 rings (SSSR count). The molecule has 108 valence electrons. The van der Waals surface area contributed by atoms with E-state index in [1.807, 2.05) is 13.8 Å². The van der Waals surface area contributed by atoms with Gasteiger partial charge in [-0.3, -0.25) is 20.0 Å². The van der Waals surface area contributed by atoms with E-state index >= 15 is 0 Å². The lowest BCUT2D eigenvalue weighted by Crippen LogP contribution is -2.32. The van der Waals surface area contributed by atoms with E-state index in [-0.39, 0.29) is 16.7 Å². The van der Waals surface area contributed by atoms with E-state index in [0.717, 1.165) is 0 Å². The van der Waals surface area contributed by atoms with Crippen LogP contribution in [-0.2, 0) is 6.54 Å². The molecule has 20 heavy (non-hydrogen) atoms. The zero-order valence-corrected chi connectivity index (χ0v) is 12.4. The first-order valence-corrected chi connectivity index (χ1v) is 6.59. The highest BCUT2D eigenvalue weighted by Crippen LogP contribution is 2.25. The van der Waals surface area contributed by atoms with Gasteiger partial charge in [0.25, 0.3) is 5.69 Å². The second-order valence-corrected chi connectivity index (χ2v) is 5.09. The van der Waals surface area contributed by atoms with E-state index in [2.05, 4.69) is 16.0 Å². The number of nitrogens with zero attached hydrogens (tertiary/aromatic N) is 4. The third kappa shape index (κ3) is 3.75. The highest BCUT2D eigenvalue weighted by Gasteiger charge is 2.20. The monoisotopic (exact) mass is 276 g/mol. The van der Waals surface area contributed by atoms with Gasteiger partial charge in [0.05, 0.1) is 16.7 Å². The first-order valence-electron chi connectivity index (χ1n) is 6.59. The maximum atomic E-state index is 11.1. The standard InChI is InChI=1S/C14H20N4O2/c1-10(2)17(7-5-6-15)9-13-12(4)14(18(19)20)11(3)8-16-13/h8,10H,5,7,9H2,1-4H3. The van der Waals surface area contributed by atoms with Gasteiger partial charge in [-0.25, -0.2) is 0 Å². The van der Waals surface area contributed by atoms with Crippen LogP contribution in [0.3, 0.4) is 0 Å². The minimum Gasteiger partial charge on any atom is -0.294 e. The molecule has 0 N–H and O–H groups in total. The lowest BCUT2D eigenvalue weighted by Gasteiger charge is -2.25. The van der Waals surface area contributed by atoms with Crippen LogP contribution in [0.2, 0.25) is 0 Å². The Morgan fingerprint density at radius 3 is 2.65 bits per heavy atom. The van der Waals surface area contributed by atoms with Crippen molar-refractivity contribution >= 4 is 5.69 Å². The molecule has 6 heteroatoms. The van der Waals surface area contributed by atoms with Crippen LogP contribution in [-0.4, -0.2) is 27.4 Å². The molecule has 0 amide bonds. The Morgan fingerprint density at radius 2 is 2.15 bits per heavy atom. The van der Waals surface area contributed by atoms with Crippen molar-refractivity contribution in [1.29, 1.82) is 5.26 Å². The number of aryl methyl sites for hydroxylation is 1. The number of rotatable bonds is 6. The maximum absolute atomic E-state index is 11.1. The molecule has 1 aromatic heterocycles. The highest BCUT2D eigenvalue weighted by molar-refractivity contribution is 5.47. The number of hydrogen-bond acceptors (Lipinski definition) is 5. The molecule has 1 heterocycles. The molecule has 0 aromatic carbocycles. The third-order valence-electron chi connectivity index (χ3n) is 3.35. The van der Waals surface area contributed by atoms with E-state index in [1.165, 1.54) is 0 Å². The van der Waals surface area contributed by atoms with Gasteiger partial charge in [-0.15, -0.1) is 0 Å². The van der Waals surface area contributed by atoms with Gasteiger partial charge < -0.3 is 0 Å². The summed E-state index contributed by atoms with van der Waals surface area (Å²) in [6, 6.07) is 2.38. The van der Waals surface area contributed by atoms with Crippen molar-refractivity contribution < 1.29 is 4.92 Å². The Balaban J connectivity index is 3.05. The predicted octanol–water partition coefficient (Wildman–Crippen LogP) is 2.73. The van der Waals surface area contributed by atoms with Crippen molar-refractivity contribution in [3.63, 3.8) is 0 Å². The van der Waals surface area contributed by atoms with Crippen LogP contribution in [0.4, 0.5) is 5.69 Å². The molecule has 0 aliphatic rings. The summed E-state index contributed by atoms with van der Waals surface area (Å²) in [6.07, 6.45) is 1.98. The number of aromatic nitrogens is 1. The van der Waals surface area contributed by atoms with Gasteiger partial charge >= 0.3 is 0 Å². The fraction of sp³-hybridized carbons (Fsp3) is 0.571. The fourth-order valence-electron chi connectivity index (χ4n) is 2.11. The number of pyridine rings is 1. The third-order valence-corrected chi connectivity index (χ3v) is 3.35. The average Bonchev–Trinajstić information content (AvgIpc) is 2.36. The average molecular weight is 276 g/mol. The topological polar surface area (TPSA) is 83.1 Å². The van der Waals surface area contributed by atoms with Crippen molar-refractivity contribution in [2.24, 2.45) is 0 Å². The molecular weight excluding hydrogens is 256 g/mol. The van der Waals surface area contributed by atoms with Crippen LogP contribution in [0, 0.1) is 35.3 Å². The Kier molecular flexibility index (Phi) is 5.59. The lowest BCUT2D eigenvalue weighted by atomic mass is 10.1. The lowest BCUT2D eigenvalue weighted by molar-refractivity contribution is -0.386. The van der Waals surface area contributed by atoms with E-state index in [0.29, 0.717) is 36.3 Å². The quantitative estimate of drug-likeness (QED) is 0.589. The molecule has 0 saturated carbocycles. The molecule has 0 radical (unpaired) electrons. The molecule has 0 unspecified atom stereocenters. The smallest absolute Gasteiger partial charge is 0.278 e. The first kappa shape index (κ1) is 16.1. The van der Waals surface area contributed by atoms with E-state index in [4.69, 9.17) is 5.26 Å². The molecule has 0 saturated heterocycles. The zero-order valence-electron chi connectivity index (χ0n) is 12.4. The van der Waals surface area contributed by atoms with Crippen LogP contribution in [0.25, 0.3) is 0 Å². The molecule has 0 atom stereocenters. The summed E-state index contributed by atoms with van der Waals surface area (Å²) >= 11 is 0. The zero-order chi connectivity index (χ0) is 15.3. The minimum absolute atomic E-state index is 0.138. The molecule has 1 aromatic rings. The number of hydrogen-bond donors (Lipinski definition) is 0. The van der Waals surface area contributed by atoms with E-state index in [9.17, 15) is 10.1 Å². The van der Waals surface area contributed by atoms with Crippen molar-refractivity contribution in [3.05, 3.63) is 33.1 Å². The first-order chi connectivity index (χ1) is 9.38. The van der Waals surface area contributed by atoms with Crippen LogP contribution in [0.5, 0.6) is 0 Å². The molecule has 0 aliphatic heterocycles. The Labute approximate surface area is 119 Å². The van der Waals surface area contributed by atoms with Crippen molar-refractivity contribution in [1.82, 2.24) is 9.88 Å². The highest BCUT2D eigenvalue weighted by atomic mass is 16.6. The molecule has 0 spiro atoms. The Hall–Kier alpha value is -2.00. The fourth-order valence-corrected chi connectivity index (χ4v) is 2.11. The summed E-state index contributed by atoms with van der Waals surface area (Å²) in [5.74, 6) is 0. The van der Waals surface area contributed by atoms with Crippen LogP contribution < -0.4 is 0 Å². The molecule has 0 fully saturated rings. The van der Waals surface area contributed by atoms with Gasteiger partial charge in [-0.2, -0.15) is 5.26 Å². The second-order valence-electron chi connectivity index (χ2n) is 5.09. The second kappa shape index (κ2) is 6.96. The molecule has 0 aliphatic carbocycles. The van der Waals surface area contributed by atoms with Crippen LogP contribution >= 0.6 is 0 Å². The summed E-state index contributed by atoms with van der Waals surface area (Å²) < 4.78 is 0. The van der Waals surface area contributed by atoms with Crippen molar-refractivity contribution in [2.75, 3.05) is 6.54 Å². The molecule has 0 bridgehead atoms. The van der Waals surface area contributed by atoms with Crippen LogP contribution in [0.1, 0.15) is 37.1 Å². The van der Waals surface area contributed by atoms with Crippen molar-refractivity contribution in [2.45, 2.75) is 46.7 Å². The minimum atomic E-state index is -0.356. The van der Waals surface area contributed by atoms with E-state index < -0.39 is 0 Å². The number of nitro groups is 1. The van der Waals surface area contributed by atoms with Crippen LogP contribution in [0.15, 0.2) is 6.20 Å². The SMILES string of the molecule is Cc1cnc(CN(CCC#N)C(C)C)c(C)c1[N+](=O)[O-]. The summed E-state index contributed by atoms with van der Waals surface area (Å²) in [5.41, 5.74) is 2.02. The predicted molar refractivity (Wildman–Crippen MR) is 76.1 cm³/mol. The summed E-state index contributed by atoms with van der Waals surface area (Å²) in [7, 11) is 0. The van der Waals surface area contributed by atoms with Gasteiger partial charge in [0.15, 0.2) is 0 Å². The molecular formula is C14H20N4O2. The van der Waals surface area contributed by atoms with Gasteiger partial charge in [0, 0.05) is 42.9 Å². The summed E-state index contributed by atoms with van der Waals surface area (Å²) in [4.78, 5) is 17.2. The molecule has 6 nitrogen and oxygen atoms in total. The van der Waals surface area contributed by atoms with E-state index in [1.54, 1.807) is 20.0 Å². The number of nitriles is 1. The van der Waals surface area contributed by atoms with Gasteiger partial charge in [-0.05, 0) is 27.7 Å². The van der Waals surface area contributed by atoms with Crippen molar-refractivity contribution in [3.8, 4) is 6.07 Å². The van der Waals surface area contributed by atoms with Gasteiger partial charge in [0.1, 0.15) is 0 Å². The normalized spacial score (nSPS) is 10.8. The Bertz CT molecular complexity index is 535. The summed E-state index contributed by atoms with van der Waals surface area (Å²) in [5, 5.41) is 19.8. The van der Waals surface area contributed by atoms with Gasteiger partial charge in [0.2, 0.25) is 0 Å². The maximum Gasteiger partial charge on any atom is 0.278 e.